The predicted molar refractivity (Wildman–Crippen MR) is 82.8 cm³/mol. The number of ether oxygens (including phenoxy) is 1. The van der Waals surface area contributed by atoms with Gasteiger partial charge in [0.15, 0.2) is 0 Å². The Hall–Kier alpha value is -0.860. The molecule has 0 heterocycles. The van der Waals surface area contributed by atoms with Crippen LogP contribution in [0.2, 0.25) is 0 Å². The van der Waals surface area contributed by atoms with E-state index >= 15 is 0 Å². The molecule has 0 aliphatic heterocycles. The molecular formula is C17H29NO. The fourth-order valence-corrected chi connectivity index (χ4v) is 1.98. The van der Waals surface area contributed by atoms with Gasteiger partial charge in [0, 0.05) is 6.04 Å². The summed E-state index contributed by atoms with van der Waals surface area (Å²) < 4.78 is 5.68. The van der Waals surface area contributed by atoms with Crippen LogP contribution in [0.3, 0.4) is 0 Å². The van der Waals surface area contributed by atoms with Crippen LogP contribution in [0, 0.1) is 0 Å². The van der Waals surface area contributed by atoms with Crippen molar-refractivity contribution in [3.63, 3.8) is 0 Å². The van der Waals surface area contributed by atoms with Gasteiger partial charge in [-0.2, -0.15) is 0 Å². The fourth-order valence-electron chi connectivity index (χ4n) is 1.98. The fraction of sp³-hybridized carbons (Fsp3) is 0.647. The van der Waals surface area contributed by atoms with Gasteiger partial charge in [0.2, 0.25) is 0 Å². The van der Waals surface area contributed by atoms with Crippen LogP contribution in [-0.2, 0) is 16.6 Å². The van der Waals surface area contributed by atoms with Crippen LogP contribution in [0.4, 0.5) is 0 Å². The van der Waals surface area contributed by atoms with Crippen molar-refractivity contribution < 1.29 is 4.74 Å². The highest BCUT2D eigenvalue weighted by Gasteiger charge is 2.14. The minimum atomic E-state index is 0.224. The van der Waals surface area contributed by atoms with Crippen LogP contribution in [-0.4, -0.2) is 25.8 Å². The number of nitrogens with one attached hydrogen (secondary N) is 1. The van der Waals surface area contributed by atoms with Crippen molar-refractivity contribution >= 4 is 0 Å². The first-order valence-electron chi connectivity index (χ1n) is 7.21. The molecule has 1 rings (SSSR count). The monoisotopic (exact) mass is 263 g/mol. The quantitative estimate of drug-likeness (QED) is 0.847. The van der Waals surface area contributed by atoms with Crippen molar-refractivity contribution in [2.75, 3.05) is 13.7 Å². The lowest BCUT2D eigenvalue weighted by atomic mass is 9.86. The zero-order valence-corrected chi connectivity index (χ0v) is 13.3. The van der Waals surface area contributed by atoms with E-state index in [2.05, 4.69) is 64.2 Å². The van der Waals surface area contributed by atoms with Gasteiger partial charge in [-0.05, 0) is 43.9 Å². The number of rotatable bonds is 6. The maximum absolute atomic E-state index is 5.68. The Kier molecular flexibility index (Phi) is 6.02. The van der Waals surface area contributed by atoms with Crippen molar-refractivity contribution in [2.45, 2.75) is 58.6 Å². The summed E-state index contributed by atoms with van der Waals surface area (Å²) in [5.41, 5.74) is 2.97. The molecule has 1 aromatic carbocycles. The maximum atomic E-state index is 5.68. The Balaban J connectivity index is 2.60. The zero-order valence-electron chi connectivity index (χ0n) is 13.3. The van der Waals surface area contributed by atoms with E-state index in [0.717, 1.165) is 13.0 Å². The summed E-state index contributed by atoms with van der Waals surface area (Å²) in [6.07, 6.45) is 1.30. The second-order valence-corrected chi connectivity index (χ2v) is 6.52. The van der Waals surface area contributed by atoms with E-state index in [1.165, 1.54) is 11.1 Å². The van der Waals surface area contributed by atoms with Crippen LogP contribution in [0.15, 0.2) is 24.3 Å². The second kappa shape index (κ2) is 7.06. The minimum absolute atomic E-state index is 0.224. The second-order valence-electron chi connectivity index (χ2n) is 6.52. The number of hydrogen-bond acceptors (Lipinski definition) is 2. The van der Waals surface area contributed by atoms with Crippen molar-refractivity contribution in [1.29, 1.82) is 0 Å². The molecule has 0 radical (unpaired) electrons. The van der Waals surface area contributed by atoms with Gasteiger partial charge in [0.25, 0.3) is 0 Å². The largest absolute Gasteiger partial charge is 0.377 e. The van der Waals surface area contributed by atoms with E-state index in [9.17, 15) is 0 Å². The summed E-state index contributed by atoms with van der Waals surface area (Å²) >= 11 is 0. The summed E-state index contributed by atoms with van der Waals surface area (Å²) in [5, 5.41) is 3.33. The van der Waals surface area contributed by atoms with Crippen molar-refractivity contribution in [2.24, 2.45) is 0 Å². The summed E-state index contributed by atoms with van der Waals surface area (Å²) in [4.78, 5) is 0. The lowest BCUT2D eigenvalue weighted by molar-refractivity contribution is 0.0628. The molecule has 1 unspecified atom stereocenters. The van der Waals surface area contributed by atoms with E-state index < -0.39 is 0 Å². The third kappa shape index (κ3) is 5.75. The molecule has 0 bridgehead atoms. The molecule has 0 saturated heterocycles. The van der Waals surface area contributed by atoms with Crippen LogP contribution < -0.4 is 5.32 Å². The number of benzene rings is 1. The first-order chi connectivity index (χ1) is 8.82. The Bertz CT molecular complexity index is 362. The summed E-state index contributed by atoms with van der Waals surface area (Å²) in [6.45, 7) is 11.6. The molecule has 2 nitrogen and oxygen atoms in total. The molecule has 2 heteroatoms. The van der Waals surface area contributed by atoms with Gasteiger partial charge >= 0.3 is 0 Å². The number of hydrogen-bond donors (Lipinski definition) is 1. The van der Waals surface area contributed by atoms with Crippen LogP contribution in [0.1, 0.15) is 45.7 Å². The third-order valence-electron chi connectivity index (χ3n) is 3.34. The van der Waals surface area contributed by atoms with E-state index in [-0.39, 0.29) is 5.41 Å². The van der Waals surface area contributed by atoms with Crippen molar-refractivity contribution in [1.82, 2.24) is 5.32 Å². The smallest absolute Gasteiger partial charge is 0.0626 e. The molecule has 0 aromatic heterocycles. The summed E-state index contributed by atoms with van der Waals surface area (Å²) in [5.74, 6) is 0. The molecular weight excluding hydrogens is 234 g/mol. The molecule has 0 aliphatic rings. The van der Waals surface area contributed by atoms with Crippen molar-refractivity contribution in [3.8, 4) is 0 Å². The van der Waals surface area contributed by atoms with Gasteiger partial charge in [0.1, 0.15) is 0 Å². The highest BCUT2D eigenvalue weighted by Crippen LogP contribution is 2.22. The molecule has 1 aromatic rings. The lowest BCUT2D eigenvalue weighted by Gasteiger charge is -2.21. The van der Waals surface area contributed by atoms with Crippen molar-refractivity contribution in [3.05, 3.63) is 35.4 Å². The van der Waals surface area contributed by atoms with Gasteiger partial charge in [-0.3, -0.25) is 0 Å². The highest BCUT2D eigenvalue weighted by molar-refractivity contribution is 5.28. The Morgan fingerprint density at radius 3 is 2.11 bits per heavy atom. The first kappa shape index (κ1) is 16.2. The molecule has 0 amide bonds. The molecule has 0 fully saturated rings. The first-order valence-corrected chi connectivity index (χ1v) is 7.21. The van der Waals surface area contributed by atoms with E-state index in [4.69, 9.17) is 4.74 Å². The maximum Gasteiger partial charge on any atom is 0.0626 e. The van der Waals surface area contributed by atoms with E-state index in [0.29, 0.717) is 12.1 Å². The molecule has 1 atom stereocenters. The molecule has 19 heavy (non-hydrogen) atoms. The normalized spacial score (nSPS) is 13.8. The van der Waals surface area contributed by atoms with E-state index in [1.54, 1.807) is 0 Å². The van der Waals surface area contributed by atoms with Gasteiger partial charge in [-0.1, -0.05) is 45.0 Å². The molecule has 108 valence electrons. The molecule has 0 aliphatic carbocycles. The average Bonchev–Trinajstić information content (AvgIpc) is 2.33. The SMILES string of the molecule is CNC(COC(C)C)Cc1ccc(C(C)(C)C)cc1. The average molecular weight is 263 g/mol. The Labute approximate surface area is 118 Å². The third-order valence-corrected chi connectivity index (χ3v) is 3.34. The standard InChI is InChI=1S/C17H29NO/c1-13(2)19-12-16(18-6)11-14-7-9-15(10-8-14)17(3,4)5/h7-10,13,16,18H,11-12H2,1-6H3. The topological polar surface area (TPSA) is 21.3 Å². The minimum Gasteiger partial charge on any atom is -0.377 e. The van der Waals surface area contributed by atoms with Gasteiger partial charge < -0.3 is 10.1 Å². The highest BCUT2D eigenvalue weighted by atomic mass is 16.5. The van der Waals surface area contributed by atoms with Crippen LogP contribution in [0.25, 0.3) is 0 Å². The van der Waals surface area contributed by atoms with Gasteiger partial charge in [0.05, 0.1) is 12.7 Å². The zero-order chi connectivity index (χ0) is 14.5. The molecule has 0 saturated carbocycles. The summed E-state index contributed by atoms with van der Waals surface area (Å²) in [7, 11) is 2.00. The predicted octanol–water partition coefficient (Wildman–Crippen LogP) is 3.54. The Morgan fingerprint density at radius 2 is 1.68 bits per heavy atom. The van der Waals surface area contributed by atoms with Crippen LogP contribution >= 0.6 is 0 Å². The lowest BCUT2D eigenvalue weighted by Crippen LogP contribution is -2.33. The summed E-state index contributed by atoms with van der Waals surface area (Å²) in [6, 6.07) is 9.33. The van der Waals surface area contributed by atoms with E-state index in [1.807, 2.05) is 7.05 Å². The van der Waals surface area contributed by atoms with Gasteiger partial charge in [-0.15, -0.1) is 0 Å². The molecule has 0 spiro atoms. The Morgan fingerprint density at radius 1 is 1.11 bits per heavy atom. The van der Waals surface area contributed by atoms with Gasteiger partial charge in [-0.25, -0.2) is 0 Å². The molecule has 1 N–H and O–H groups in total. The number of likely N-dealkylation sites (N-methyl/N-ethyl adjacent to an activating group) is 1. The van der Waals surface area contributed by atoms with Crippen LogP contribution in [0.5, 0.6) is 0 Å².